The summed E-state index contributed by atoms with van der Waals surface area (Å²) in [5, 5.41) is 0. The molecule has 3 atom stereocenters. The first-order valence-corrected chi connectivity index (χ1v) is 12.5. The van der Waals surface area contributed by atoms with Crippen molar-refractivity contribution in [2.24, 2.45) is 0 Å². The summed E-state index contributed by atoms with van der Waals surface area (Å²) in [6.45, 7) is 13.2. The van der Waals surface area contributed by atoms with Crippen LogP contribution in [-0.4, -0.2) is 25.6 Å². The molecular weight excluding hydrogens is 347 g/mol. The van der Waals surface area contributed by atoms with Crippen molar-refractivity contribution in [3.63, 3.8) is 0 Å². The molecule has 0 fully saturated rings. The van der Waals surface area contributed by atoms with E-state index in [1.54, 1.807) is 0 Å². The first-order valence-electron chi connectivity index (χ1n) is 12.5. The van der Waals surface area contributed by atoms with Gasteiger partial charge in [0, 0.05) is 18.3 Å². The molecule has 0 aliphatic carbocycles. The maximum atomic E-state index is 6.18. The monoisotopic (exact) mass is 398 g/mol. The van der Waals surface area contributed by atoms with E-state index in [2.05, 4.69) is 41.5 Å². The largest absolute Gasteiger partial charge is 0.639 e. The van der Waals surface area contributed by atoms with Crippen LogP contribution in [0.1, 0.15) is 138 Å². The summed E-state index contributed by atoms with van der Waals surface area (Å²) >= 11 is 0. The van der Waals surface area contributed by atoms with Crippen LogP contribution in [0, 0.1) is 0 Å². The van der Waals surface area contributed by atoms with Crippen LogP contribution in [0.5, 0.6) is 0 Å². The Labute approximate surface area is 177 Å². The molecule has 0 aromatic heterocycles. The fourth-order valence-electron chi connectivity index (χ4n) is 3.45. The molecule has 0 radical (unpaired) electrons. The lowest BCUT2D eigenvalue weighted by atomic mass is 10.1. The smallest absolute Gasteiger partial charge is 0.383 e. The van der Waals surface area contributed by atoms with Crippen LogP contribution in [-0.2, 0) is 14.0 Å². The standard InChI is InChI=1S/C24H51BO3/c1-7-10-13-16-19-22(4)26-25(27-23(5)20-17-14-11-8-2)28-24(6)21-18-15-12-9-3/h22-24H,7-21H2,1-6H3/t22-,23-,24-/m1/s1. The highest BCUT2D eigenvalue weighted by Gasteiger charge is 2.28. The van der Waals surface area contributed by atoms with Crippen LogP contribution in [0.25, 0.3) is 0 Å². The Morgan fingerprint density at radius 3 is 1.00 bits per heavy atom. The van der Waals surface area contributed by atoms with Crippen LogP contribution in [0.15, 0.2) is 0 Å². The van der Waals surface area contributed by atoms with Crippen LogP contribution in [0.2, 0.25) is 0 Å². The molecule has 0 amide bonds. The molecule has 4 heteroatoms. The Kier molecular flexibility index (Phi) is 20.2. The lowest BCUT2D eigenvalue weighted by Gasteiger charge is -2.25. The molecule has 0 spiro atoms. The van der Waals surface area contributed by atoms with E-state index in [0.717, 1.165) is 19.3 Å². The minimum atomic E-state index is -0.525. The Morgan fingerprint density at radius 2 is 0.750 bits per heavy atom. The van der Waals surface area contributed by atoms with Crippen molar-refractivity contribution < 1.29 is 14.0 Å². The van der Waals surface area contributed by atoms with E-state index in [4.69, 9.17) is 14.0 Å². The summed E-state index contributed by atoms with van der Waals surface area (Å²) < 4.78 is 18.5. The zero-order valence-corrected chi connectivity index (χ0v) is 20.1. The summed E-state index contributed by atoms with van der Waals surface area (Å²) in [5.41, 5.74) is 0. The normalized spacial score (nSPS) is 14.8. The van der Waals surface area contributed by atoms with Crippen LogP contribution < -0.4 is 0 Å². The van der Waals surface area contributed by atoms with Gasteiger partial charge in [-0.25, -0.2) is 0 Å². The third kappa shape index (κ3) is 18.0. The predicted octanol–water partition coefficient (Wildman–Crippen LogP) is 8.10. The van der Waals surface area contributed by atoms with E-state index in [-0.39, 0.29) is 18.3 Å². The molecule has 0 unspecified atom stereocenters. The van der Waals surface area contributed by atoms with Gasteiger partial charge in [-0.2, -0.15) is 0 Å². The number of rotatable bonds is 21. The molecular formula is C24H51BO3. The van der Waals surface area contributed by atoms with Crippen molar-refractivity contribution in [1.29, 1.82) is 0 Å². The Morgan fingerprint density at radius 1 is 0.464 bits per heavy atom. The van der Waals surface area contributed by atoms with Crippen molar-refractivity contribution in [3.05, 3.63) is 0 Å². The summed E-state index contributed by atoms with van der Waals surface area (Å²) in [6, 6.07) is 0. The van der Waals surface area contributed by atoms with E-state index < -0.39 is 7.32 Å². The molecule has 0 heterocycles. The minimum Gasteiger partial charge on any atom is -0.383 e. The average molecular weight is 398 g/mol. The van der Waals surface area contributed by atoms with Crippen LogP contribution >= 0.6 is 0 Å². The summed E-state index contributed by atoms with van der Waals surface area (Å²) in [5.74, 6) is 0. The lowest BCUT2D eigenvalue weighted by Crippen LogP contribution is -2.37. The van der Waals surface area contributed by atoms with Crippen molar-refractivity contribution in [2.75, 3.05) is 0 Å². The van der Waals surface area contributed by atoms with Gasteiger partial charge in [0.25, 0.3) is 0 Å². The topological polar surface area (TPSA) is 27.7 Å². The van der Waals surface area contributed by atoms with E-state index in [9.17, 15) is 0 Å². The fraction of sp³-hybridized carbons (Fsp3) is 1.00. The lowest BCUT2D eigenvalue weighted by molar-refractivity contribution is 0.0133. The highest BCUT2D eigenvalue weighted by atomic mass is 16.7. The molecule has 0 saturated carbocycles. The van der Waals surface area contributed by atoms with Crippen LogP contribution in [0.4, 0.5) is 0 Å². The molecule has 0 bridgehead atoms. The average Bonchev–Trinajstić information content (AvgIpc) is 2.66. The van der Waals surface area contributed by atoms with Crippen molar-refractivity contribution in [2.45, 2.75) is 156 Å². The van der Waals surface area contributed by atoms with E-state index in [1.165, 1.54) is 77.0 Å². The van der Waals surface area contributed by atoms with Gasteiger partial charge in [0.1, 0.15) is 0 Å². The number of hydrogen-bond acceptors (Lipinski definition) is 3. The molecule has 0 N–H and O–H groups in total. The second-order valence-electron chi connectivity index (χ2n) is 8.68. The summed E-state index contributed by atoms with van der Waals surface area (Å²) in [6.07, 6.45) is 19.1. The van der Waals surface area contributed by atoms with Gasteiger partial charge < -0.3 is 14.0 Å². The van der Waals surface area contributed by atoms with Gasteiger partial charge in [-0.3, -0.25) is 0 Å². The van der Waals surface area contributed by atoms with Gasteiger partial charge in [-0.05, 0) is 40.0 Å². The minimum absolute atomic E-state index is 0.182. The SMILES string of the molecule is CCCCCC[C@@H](C)OB(O[C@H](C)CCCCCC)O[C@H](C)CCCCCC. The van der Waals surface area contributed by atoms with Gasteiger partial charge in [0.2, 0.25) is 0 Å². The maximum absolute atomic E-state index is 6.18. The van der Waals surface area contributed by atoms with Crippen molar-refractivity contribution in [3.8, 4) is 0 Å². The molecule has 0 rings (SSSR count). The second-order valence-corrected chi connectivity index (χ2v) is 8.68. The Bertz CT molecular complexity index is 267. The highest BCUT2D eigenvalue weighted by Crippen LogP contribution is 2.16. The quantitative estimate of drug-likeness (QED) is 0.144. The molecule has 0 saturated heterocycles. The molecule has 0 aliphatic heterocycles. The van der Waals surface area contributed by atoms with Crippen LogP contribution in [0.3, 0.4) is 0 Å². The second kappa shape index (κ2) is 20.2. The third-order valence-corrected chi connectivity index (χ3v) is 5.42. The van der Waals surface area contributed by atoms with Gasteiger partial charge in [-0.15, -0.1) is 0 Å². The number of unbranched alkanes of at least 4 members (excludes halogenated alkanes) is 9. The van der Waals surface area contributed by atoms with Gasteiger partial charge >= 0.3 is 7.32 Å². The molecule has 0 aromatic rings. The number of hydrogen-bond donors (Lipinski definition) is 0. The highest BCUT2D eigenvalue weighted by molar-refractivity contribution is 6.36. The molecule has 168 valence electrons. The van der Waals surface area contributed by atoms with Crippen molar-refractivity contribution >= 4 is 7.32 Å². The molecule has 28 heavy (non-hydrogen) atoms. The fourth-order valence-corrected chi connectivity index (χ4v) is 3.45. The summed E-state index contributed by atoms with van der Waals surface area (Å²) in [4.78, 5) is 0. The van der Waals surface area contributed by atoms with E-state index in [1.807, 2.05) is 0 Å². The zero-order chi connectivity index (χ0) is 21.0. The van der Waals surface area contributed by atoms with E-state index in [0.29, 0.717) is 0 Å². The Balaban J connectivity index is 4.38. The predicted molar refractivity (Wildman–Crippen MR) is 124 cm³/mol. The molecule has 0 aliphatic rings. The van der Waals surface area contributed by atoms with E-state index >= 15 is 0 Å². The zero-order valence-electron chi connectivity index (χ0n) is 20.1. The first kappa shape index (κ1) is 27.9. The maximum Gasteiger partial charge on any atom is 0.639 e. The Hall–Kier alpha value is -0.0551. The third-order valence-electron chi connectivity index (χ3n) is 5.42. The first-order chi connectivity index (χ1) is 13.5. The molecule has 0 aromatic carbocycles. The van der Waals surface area contributed by atoms with Gasteiger partial charge in [0.05, 0.1) is 0 Å². The van der Waals surface area contributed by atoms with Gasteiger partial charge in [-0.1, -0.05) is 97.8 Å². The summed E-state index contributed by atoms with van der Waals surface area (Å²) in [7, 11) is -0.525. The molecule has 3 nitrogen and oxygen atoms in total. The van der Waals surface area contributed by atoms with Gasteiger partial charge in [0.15, 0.2) is 0 Å². The van der Waals surface area contributed by atoms with Crippen molar-refractivity contribution in [1.82, 2.24) is 0 Å².